The molecular weight excluding hydrogens is 606 g/mol. The van der Waals surface area contributed by atoms with Crippen LogP contribution in [0.4, 0.5) is 15.3 Å². The number of carbonyl (C=O) groups excluding carboxylic acids is 3. The molecule has 3 saturated heterocycles. The molecule has 0 radical (unpaired) electrons. The molecule has 0 spiro atoms. The molecule has 3 aromatic rings. The van der Waals surface area contributed by atoms with Crippen LogP contribution in [-0.4, -0.2) is 98.7 Å². The summed E-state index contributed by atoms with van der Waals surface area (Å²) in [6.45, 7) is 4.73. The predicted octanol–water partition coefficient (Wildman–Crippen LogP) is 5.60. The fraction of sp³-hybridized carbons (Fsp3) is 0.529. The zero-order valence-corrected chi connectivity index (χ0v) is 26.9. The number of hydrogen-bond acceptors (Lipinski definition) is 7. The van der Waals surface area contributed by atoms with Crippen molar-refractivity contribution in [2.45, 2.75) is 82.3 Å². The lowest BCUT2D eigenvalue weighted by molar-refractivity contribution is -0.129. The van der Waals surface area contributed by atoms with Gasteiger partial charge in [-0.2, -0.15) is 5.10 Å². The standard InChI is InChI=1S/C34H42ClN7O4/c35-29-19-24(18-26-21-36-38-31(26)29)23-46-33(45)42-16-10-28(41-22-25-6-2-3-7-30(25)37-32(41)44)20-34(42,11-17-43)40-14-8-27(9-15-40)39-12-4-1-5-13-39/h2-3,6-7,17-19,21,27-28H,1,4-5,8-16,20,22-23H2,(H,36,38)(H,37,44)/t28-,34+/m1/s1. The van der Waals surface area contributed by atoms with Crippen molar-refractivity contribution in [3.05, 3.63) is 58.7 Å². The van der Waals surface area contributed by atoms with Crippen LogP contribution in [0.1, 0.15) is 62.5 Å². The molecule has 11 nitrogen and oxygen atoms in total. The predicted molar refractivity (Wildman–Crippen MR) is 175 cm³/mol. The molecule has 2 N–H and O–H groups in total. The van der Waals surface area contributed by atoms with Crippen LogP contribution in [0.3, 0.4) is 0 Å². The minimum absolute atomic E-state index is 0.0408. The first-order valence-electron chi connectivity index (χ1n) is 16.6. The van der Waals surface area contributed by atoms with Gasteiger partial charge in [0.05, 0.1) is 16.7 Å². The number of benzene rings is 2. The number of nitrogens with one attached hydrogen (secondary N) is 2. The van der Waals surface area contributed by atoms with E-state index in [4.69, 9.17) is 16.3 Å². The molecule has 4 aliphatic heterocycles. The molecule has 1 aromatic heterocycles. The number of urea groups is 1. The van der Waals surface area contributed by atoms with Gasteiger partial charge < -0.3 is 24.6 Å². The van der Waals surface area contributed by atoms with E-state index in [2.05, 4.69) is 25.3 Å². The Kier molecular flexibility index (Phi) is 8.89. The third kappa shape index (κ3) is 5.96. The van der Waals surface area contributed by atoms with Crippen LogP contribution < -0.4 is 5.32 Å². The zero-order chi connectivity index (χ0) is 31.7. The Bertz CT molecular complexity index is 1580. The number of aromatic amines is 1. The van der Waals surface area contributed by atoms with Crippen LogP contribution in [-0.2, 0) is 22.7 Å². The number of aromatic nitrogens is 2. The molecule has 2 atom stereocenters. The van der Waals surface area contributed by atoms with Crippen molar-refractivity contribution in [3.8, 4) is 0 Å². The van der Waals surface area contributed by atoms with Gasteiger partial charge in [-0.05, 0) is 74.5 Å². The molecular formula is C34H42ClN7O4. The van der Waals surface area contributed by atoms with Gasteiger partial charge in [-0.15, -0.1) is 0 Å². The maximum atomic E-state index is 14.0. The molecule has 3 fully saturated rings. The summed E-state index contributed by atoms with van der Waals surface area (Å²) >= 11 is 6.45. The third-order valence-corrected chi connectivity index (χ3v) is 10.9. The number of fused-ring (bicyclic) bond motifs is 2. The number of rotatable bonds is 7. The minimum atomic E-state index is -0.905. The minimum Gasteiger partial charge on any atom is -0.444 e. The maximum Gasteiger partial charge on any atom is 0.411 e. The number of para-hydroxylation sites is 1. The Labute approximate surface area is 274 Å². The van der Waals surface area contributed by atoms with E-state index >= 15 is 0 Å². The van der Waals surface area contributed by atoms with Gasteiger partial charge in [0.2, 0.25) is 0 Å². The van der Waals surface area contributed by atoms with E-state index < -0.39 is 11.8 Å². The number of anilines is 1. The topological polar surface area (TPSA) is 114 Å². The number of nitrogens with zero attached hydrogens (tertiary/aromatic N) is 5. The average molecular weight is 648 g/mol. The van der Waals surface area contributed by atoms with Gasteiger partial charge in [0.25, 0.3) is 0 Å². The molecule has 12 heteroatoms. The molecule has 244 valence electrons. The molecule has 5 heterocycles. The highest BCUT2D eigenvalue weighted by Crippen LogP contribution is 2.40. The monoisotopic (exact) mass is 647 g/mol. The van der Waals surface area contributed by atoms with Crippen LogP contribution in [0.15, 0.2) is 42.6 Å². The average Bonchev–Trinajstić information content (AvgIpc) is 3.57. The van der Waals surface area contributed by atoms with Crippen molar-refractivity contribution in [2.24, 2.45) is 0 Å². The van der Waals surface area contributed by atoms with Crippen LogP contribution in [0.2, 0.25) is 5.02 Å². The molecule has 3 amide bonds. The molecule has 4 aliphatic rings. The Morgan fingerprint density at radius 3 is 2.63 bits per heavy atom. The van der Waals surface area contributed by atoms with Gasteiger partial charge >= 0.3 is 12.1 Å². The van der Waals surface area contributed by atoms with Crippen LogP contribution in [0.25, 0.3) is 10.9 Å². The van der Waals surface area contributed by atoms with Crippen molar-refractivity contribution >= 4 is 46.6 Å². The highest BCUT2D eigenvalue weighted by atomic mass is 35.5. The van der Waals surface area contributed by atoms with E-state index in [1.54, 1.807) is 17.2 Å². The smallest absolute Gasteiger partial charge is 0.411 e. The number of aldehydes is 1. The lowest BCUT2D eigenvalue weighted by atomic mass is 9.84. The lowest BCUT2D eigenvalue weighted by Gasteiger charge is -2.57. The summed E-state index contributed by atoms with van der Waals surface area (Å²) in [5.41, 5.74) is 2.48. The van der Waals surface area contributed by atoms with E-state index in [9.17, 15) is 14.4 Å². The van der Waals surface area contributed by atoms with Gasteiger partial charge in [-0.3, -0.25) is 14.9 Å². The zero-order valence-electron chi connectivity index (χ0n) is 26.1. The lowest BCUT2D eigenvalue weighted by Crippen LogP contribution is -2.70. The third-order valence-electron chi connectivity index (χ3n) is 10.6. The van der Waals surface area contributed by atoms with Gasteiger partial charge in [-0.25, -0.2) is 9.59 Å². The van der Waals surface area contributed by atoms with Crippen molar-refractivity contribution in [3.63, 3.8) is 0 Å². The first kappa shape index (κ1) is 31.0. The van der Waals surface area contributed by atoms with E-state index in [-0.39, 0.29) is 25.1 Å². The normalized spacial score (nSPS) is 24.9. The SMILES string of the molecule is O=CC[C@@]1(N2CCC(N3CCCCC3)CC2)C[C@H](N2Cc3ccccc3NC2=O)CCN1C(=O)OCc1cc(Cl)c2[nH]ncc2c1. The first-order valence-corrected chi connectivity index (χ1v) is 17.0. The molecule has 0 unspecified atom stereocenters. The highest BCUT2D eigenvalue weighted by Gasteiger charge is 2.52. The fourth-order valence-electron chi connectivity index (χ4n) is 8.19. The van der Waals surface area contributed by atoms with Crippen molar-refractivity contribution in [1.29, 1.82) is 0 Å². The summed E-state index contributed by atoms with van der Waals surface area (Å²) in [5.74, 6) is 0. The van der Waals surface area contributed by atoms with Crippen LogP contribution in [0, 0.1) is 0 Å². The number of piperidine rings is 3. The van der Waals surface area contributed by atoms with E-state index in [0.717, 1.165) is 73.0 Å². The van der Waals surface area contributed by atoms with Crippen molar-refractivity contribution in [2.75, 3.05) is 38.0 Å². The number of amides is 3. The number of ether oxygens (including phenoxy) is 1. The Hall–Kier alpha value is -3.67. The fourth-order valence-corrected chi connectivity index (χ4v) is 8.48. The molecule has 2 aromatic carbocycles. The van der Waals surface area contributed by atoms with Gasteiger partial charge in [0.1, 0.15) is 18.6 Å². The molecule has 46 heavy (non-hydrogen) atoms. The quantitative estimate of drug-likeness (QED) is 0.321. The van der Waals surface area contributed by atoms with E-state index in [1.807, 2.05) is 35.2 Å². The second kappa shape index (κ2) is 13.2. The van der Waals surface area contributed by atoms with Crippen molar-refractivity contribution < 1.29 is 19.1 Å². The highest BCUT2D eigenvalue weighted by molar-refractivity contribution is 6.35. The first-order chi connectivity index (χ1) is 22.4. The van der Waals surface area contributed by atoms with Gasteiger partial charge in [0.15, 0.2) is 0 Å². The maximum absolute atomic E-state index is 14.0. The second-order valence-electron chi connectivity index (χ2n) is 13.1. The van der Waals surface area contributed by atoms with E-state index in [1.165, 1.54) is 19.3 Å². The van der Waals surface area contributed by atoms with Crippen LogP contribution in [0.5, 0.6) is 0 Å². The second-order valence-corrected chi connectivity index (χ2v) is 13.6. The Morgan fingerprint density at radius 1 is 1.04 bits per heavy atom. The number of H-pyrrole nitrogens is 1. The summed E-state index contributed by atoms with van der Waals surface area (Å²) in [4.78, 5) is 48.5. The van der Waals surface area contributed by atoms with Crippen LogP contribution >= 0.6 is 11.6 Å². The Morgan fingerprint density at radius 2 is 1.83 bits per heavy atom. The van der Waals surface area contributed by atoms with Gasteiger partial charge in [-0.1, -0.05) is 36.2 Å². The van der Waals surface area contributed by atoms with E-state index in [0.29, 0.717) is 37.0 Å². The molecule has 0 aliphatic carbocycles. The van der Waals surface area contributed by atoms with Gasteiger partial charge in [0, 0.05) is 62.2 Å². The number of likely N-dealkylation sites (tertiary alicyclic amines) is 3. The number of carbonyl (C=O) groups is 3. The largest absolute Gasteiger partial charge is 0.444 e. The number of halogens is 1. The Balaban J connectivity index is 1.14. The molecule has 7 rings (SSSR count). The molecule has 0 bridgehead atoms. The molecule has 0 saturated carbocycles. The summed E-state index contributed by atoms with van der Waals surface area (Å²) in [7, 11) is 0. The van der Waals surface area contributed by atoms with Crippen molar-refractivity contribution in [1.82, 2.24) is 29.8 Å². The summed E-state index contributed by atoms with van der Waals surface area (Å²) in [5, 5.41) is 11.3. The summed E-state index contributed by atoms with van der Waals surface area (Å²) < 4.78 is 5.96. The summed E-state index contributed by atoms with van der Waals surface area (Å²) in [6, 6.07) is 11.7. The number of hydrogen-bond donors (Lipinski definition) is 2. The summed E-state index contributed by atoms with van der Waals surface area (Å²) in [6.07, 6.45) is 9.11.